The van der Waals surface area contributed by atoms with E-state index in [9.17, 15) is 0 Å². The summed E-state index contributed by atoms with van der Waals surface area (Å²) in [6, 6.07) is 0.776. The predicted molar refractivity (Wildman–Crippen MR) is 77.0 cm³/mol. The van der Waals surface area contributed by atoms with E-state index in [1.807, 2.05) is 0 Å². The van der Waals surface area contributed by atoms with Crippen LogP contribution in [0.15, 0.2) is 0 Å². The molecule has 2 heteroatoms. The summed E-state index contributed by atoms with van der Waals surface area (Å²) >= 11 is 0. The Kier molecular flexibility index (Phi) is 3.15. The summed E-state index contributed by atoms with van der Waals surface area (Å²) in [6.45, 7) is 4.34. The Balaban J connectivity index is 1.31. The van der Waals surface area contributed by atoms with Gasteiger partial charge >= 0.3 is 0 Å². The molecule has 0 saturated heterocycles. The lowest BCUT2D eigenvalue weighted by atomic mass is 9.51. The van der Waals surface area contributed by atoms with Crippen LogP contribution in [0.4, 0.5) is 0 Å². The number of hydrogen-bond acceptors (Lipinski definition) is 2. The van der Waals surface area contributed by atoms with Gasteiger partial charge in [0.25, 0.3) is 0 Å². The van der Waals surface area contributed by atoms with E-state index in [1.165, 1.54) is 57.9 Å². The Hall–Kier alpha value is -0.0800. The van der Waals surface area contributed by atoms with Crippen LogP contribution in [0.3, 0.4) is 0 Å². The van der Waals surface area contributed by atoms with E-state index in [2.05, 4.69) is 12.2 Å². The van der Waals surface area contributed by atoms with Crippen LogP contribution in [0.2, 0.25) is 0 Å². The lowest BCUT2D eigenvalue weighted by Crippen LogP contribution is -2.67. The molecule has 0 aromatic rings. The molecular formula is C17H29NO. The smallest absolute Gasteiger partial charge is 0.0661 e. The molecule has 0 aromatic heterocycles. The fourth-order valence-corrected chi connectivity index (χ4v) is 4.77. The summed E-state index contributed by atoms with van der Waals surface area (Å²) in [7, 11) is 0. The molecule has 4 rings (SSSR count). The Morgan fingerprint density at radius 3 is 2.32 bits per heavy atom. The van der Waals surface area contributed by atoms with Crippen molar-refractivity contribution in [2.75, 3.05) is 13.2 Å². The van der Waals surface area contributed by atoms with Gasteiger partial charge in [-0.15, -0.1) is 0 Å². The molecule has 1 spiro atoms. The molecule has 108 valence electrons. The first kappa shape index (κ1) is 12.6. The number of rotatable bonds is 7. The Morgan fingerprint density at radius 1 is 1.16 bits per heavy atom. The molecule has 2 atom stereocenters. The van der Waals surface area contributed by atoms with Crippen molar-refractivity contribution in [3.05, 3.63) is 0 Å². The normalized spacial score (nSPS) is 36.3. The van der Waals surface area contributed by atoms with Gasteiger partial charge in [0.2, 0.25) is 0 Å². The quantitative estimate of drug-likeness (QED) is 0.760. The molecule has 0 amide bonds. The average Bonchev–Trinajstić information content (AvgIpc) is 3.17. The van der Waals surface area contributed by atoms with Crippen LogP contribution in [0, 0.1) is 23.2 Å². The van der Waals surface area contributed by atoms with Crippen molar-refractivity contribution in [1.29, 1.82) is 0 Å². The van der Waals surface area contributed by atoms with Gasteiger partial charge < -0.3 is 10.1 Å². The minimum atomic E-state index is 0.549. The second-order valence-electron chi connectivity index (χ2n) is 7.57. The summed E-state index contributed by atoms with van der Waals surface area (Å²) < 4.78 is 5.95. The summed E-state index contributed by atoms with van der Waals surface area (Å²) in [5, 5.41) is 3.96. The zero-order valence-corrected chi connectivity index (χ0v) is 12.4. The maximum atomic E-state index is 5.95. The maximum absolute atomic E-state index is 5.95. The van der Waals surface area contributed by atoms with E-state index in [0.29, 0.717) is 11.5 Å². The maximum Gasteiger partial charge on any atom is 0.0661 e. The van der Waals surface area contributed by atoms with Crippen LogP contribution in [0.5, 0.6) is 0 Å². The second-order valence-corrected chi connectivity index (χ2v) is 7.57. The lowest BCUT2D eigenvalue weighted by molar-refractivity contribution is -0.173. The highest BCUT2D eigenvalue weighted by atomic mass is 16.5. The van der Waals surface area contributed by atoms with Crippen molar-refractivity contribution in [2.45, 2.75) is 70.4 Å². The topological polar surface area (TPSA) is 21.3 Å². The van der Waals surface area contributed by atoms with Crippen LogP contribution in [-0.2, 0) is 4.74 Å². The van der Waals surface area contributed by atoms with Crippen molar-refractivity contribution in [3.8, 4) is 0 Å². The molecule has 4 aliphatic carbocycles. The van der Waals surface area contributed by atoms with E-state index < -0.39 is 0 Å². The third kappa shape index (κ3) is 2.15. The number of nitrogens with one attached hydrogen (secondary N) is 1. The van der Waals surface area contributed by atoms with Gasteiger partial charge in [-0.1, -0.05) is 6.42 Å². The average molecular weight is 263 g/mol. The lowest BCUT2D eigenvalue weighted by Gasteiger charge is -2.61. The molecule has 4 saturated carbocycles. The van der Waals surface area contributed by atoms with Gasteiger partial charge in [0, 0.05) is 18.1 Å². The summed E-state index contributed by atoms with van der Waals surface area (Å²) in [5.74, 6) is 3.18. The highest BCUT2D eigenvalue weighted by Crippen LogP contribution is 2.57. The molecule has 0 heterocycles. The van der Waals surface area contributed by atoms with E-state index in [1.54, 1.807) is 0 Å². The minimum Gasteiger partial charge on any atom is -0.378 e. The highest BCUT2D eigenvalue weighted by Gasteiger charge is 2.58. The zero-order chi connectivity index (χ0) is 12.9. The van der Waals surface area contributed by atoms with Gasteiger partial charge in [0.15, 0.2) is 0 Å². The van der Waals surface area contributed by atoms with Crippen molar-refractivity contribution in [2.24, 2.45) is 23.2 Å². The van der Waals surface area contributed by atoms with Gasteiger partial charge in [-0.05, 0) is 76.2 Å². The molecular weight excluding hydrogens is 234 g/mol. The predicted octanol–water partition coefficient (Wildman–Crippen LogP) is 3.36. The summed E-state index contributed by atoms with van der Waals surface area (Å²) in [4.78, 5) is 0. The second kappa shape index (κ2) is 4.73. The molecule has 0 aliphatic heterocycles. The highest BCUT2D eigenvalue weighted by molar-refractivity contribution is 5.12. The van der Waals surface area contributed by atoms with E-state index in [0.717, 1.165) is 30.4 Å². The van der Waals surface area contributed by atoms with Gasteiger partial charge in [0.1, 0.15) is 0 Å². The summed E-state index contributed by atoms with van der Waals surface area (Å²) in [5.41, 5.74) is 0.549. The third-order valence-corrected chi connectivity index (χ3v) is 6.49. The van der Waals surface area contributed by atoms with Gasteiger partial charge in [-0.2, -0.15) is 0 Å². The zero-order valence-electron chi connectivity index (χ0n) is 12.4. The first-order valence-electron chi connectivity index (χ1n) is 8.68. The van der Waals surface area contributed by atoms with Crippen LogP contribution < -0.4 is 5.32 Å². The third-order valence-electron chi connectivity index (χ3n) is 6.49. The van der Waals surface area contributed by atoms with Crippen molar-refractivity contribution >= 4 is 0 Å². The van der Waals surface area contributed by atoms with Crippen LogP contribution in [0.25, 0.3) is 0 Å². The fraction of sp³-hybridized carbons (Fsp3) is 1.00. The SMILES string of the molecule is CCOC1CC(NCC(C2CC2)C2CC2)C12CCC2. The van der Waals surface area contributed by atoms with E-state index >= 15 is 0 Å². The summed E-state index contributed by atoms with van der Waals surface area (Å²) in [6.07, 6.45) is 12.1. The first-order chi connectivity index (χ1) is 9.33. The van der Waals surface area contributed by atoms with E-state index in [-0.39, 0.29) is 0 Å². The molecule has 1 N–H and O–H groups in total. The van der Waals surface area contributed by atoms with Crippen molar-refractivity contribution < 1.29 is 4.74 Å². The van der Waals surface area contributed by atoms with Crippen molar-refractivity contribution in [3.63, 3.8) is 0 Å². The van der Waals surface area contributed by atoms with Crippen molar-refractivity contribution in [1.82, 2.24) is 5.32 Å². The molecule has 2 unspecified atom stereocenters. The Labute approximate surface area is 117 Å². The van der Waals surface area contributed by atoms with Crippen LogP contribution in [0.1, 0.15) is 58.3 Å². The Morgan fingerprint density at radius 2 is 1.84 bits per heavy atom. The largest absolute Gasteiger partial charge is 0.378 e. The van der Waals surface area contributed by atoms with Gasteiger partial charge in [-0.25, -0.2) is 0 Å². The van der Waals surface area contributed by atoms with Crippen LogP contribution >= 0.6 is 0 Å². The first-order valence-corrected chi connectivity index (χ1v) is 8.68. The van der Waals surface area contributed by atoms with Crippen LogP contribution in [-0.4, -0.2) is 25.3 Å². The molecule has 2 nitrogen and oxygen atoms in total. The standard InChI is InChI=1S/C17H29NO/c1-2-19-16-10-15(17(16)8-3-9-17)18-11-14(12-4-5-12)13-6-7-13/h12-16,18H,2-11H2,1H3. The van der Waals surface area contributed by atoms with E-state index in [4.69, 9.17) is 4.74 Å². The molecule has 0 aromatic carbocycles. The number of hydrogen-bond donors (Lipinski definition) is 1. The Bertz CT molecular complexity index is 318. The fourth-order valence-electron chi connectivity index (χ4n) is 4.77. The minimum absolute atomic E-state index is 0.549. The molecule has 4 fully saturated rings. The monoisotopic (exact) mass is 263 g/mol. The van der Waals surface area contributed by atoms with Gasteiger partial charge in [-0.3, -0.25) is 0 Å². The molecule has 0 bridgehead atoms. The molecule has 4 aliphatic rings. The van der Waals surface area contributed by atoms with Gasteiger partial charge in [0.05, 0.1) is 6.10 Å². The number of ether oxygens (including phenoxy) is 1. The molecule has 0 radical (unpaired) electrons. The molecule has 19 heavy (non-hydrogen) atoms.